The van der Waals surface area contributed by atoms with E-state index in [1.165, 1.54) is 7.05 Å². The van der Waals surface area contributed by atoms with Gasteiger partial charge in [0.1, 0.15) is 6.04 Å². The van der Waals surface area contributed by atoms with Gasteiger partial charge in [-0.25, -0.2) is 0 Å². The van der Waals surface area contributed by atoms with E-state index in [4.69, 9.17) is 5.11 Å². The molecule has 2 heterocycles. The van der Waals surface area contributed by atoms with Crippen LogP contribution in [0.3, 0.4) is 0 Å². The summed E-state index contributed by atoms with van der Waals surface area (Å²) in [4.78, 5) is 11.2. The van der Waals surface area contributed by atoms with E-state index in [9.17, 15) is 13.2 Å². The number of aromatic nitrogens is 2. The Balaban J connectivity index is 2.39. The highest BCUT2D eigenvalue weighted by Crippen LogP contribution is 2.29. The van der Waals surface area contributed by atoms with E-state index in [-0.39, 0.29) is 6.42 Å². The first kappa shape index (κ1) is 14.0. The third-order valence-electron chi connectivity index (χ3n) is 3.50. The number of hydrogen-bond acceptors (Lipinski definition) is 4. The van der Waals surface area contributed by atoms with Crippen LogP contribution in [0.25, 0.3) is 0 Å². The molecule has 1 aliphatic rings. The molecule has 0 radical (unpaired) electrons. The molecule has 1 saturated heterocycles. The van der Waals surface area contributed by atoms with Crippen molar-refractivity contribution >= 4 is 16.2 Å². The quantitative estimate of drug-likeness (QED) is 0.755. The minimum atomic E-state index is -3.80. The van der Waals surface area contributed by atoms with Crippen molar-refractivity contribution in [2.75, 3.05) is 7.05 Å². The zero-order chi connectivity index (χ0) is 14.4. The van der Waals surface area contributed by atoms with E-state index in [0.29, 0.717) is 5.56 Å². The summed E-state index contributed by atoms with van der Waals surface area (Å²) in [6.45, 7) is 1.81. The first-order valence-corrected chi connectivity index (χ1v) is 7.14. The maximum Gasteiger partial charge on any atom is 0.322 e. The average Bonchev–Trinajstić information content (AvgIpc) is 2.63. The standard InChI is InChI=1S/C10H16N4O4S/c1-6-7(5-11-13(6)2)8-4-9(10(15)16)14(3)19(17,18)12-8/h5,8-9,12H,4H2,1-3H3,(H,15,16)/t8-,9+/m1/s1. The normalized spacial score (nSPS) is 27.3. The lowest BCUT2D eigenvalue weighted by Gasteiger charge is -2.34. The smallest absolute Gasteiger partial charge is 0.322 e. The first-order chi connectivity index (χ1) is 8.74. The molecule has 1 aromatic heterocycles. The third kappa shape index (κ3) is 2.36. The van der Waals surface area contributed by atoms with Crippen molar-refractivity contribution in [3.8, 4) is 0 Å². The van der Waals surface area contributed by atoms with E-state index < -0.39 is 28.3 Å². The van der Waals surface area contributed by atoms with Crippen LogP contribution in [0.4, 0.5) is 0 Å². The van der Waals surface area contributed by atoms with Crippen LogP contribution in [0.1, 0.15) is 23.7 Å². The highest BCUT2D eigenvalue weighted by molar-refractivity contribution is 7.87. The van der Waals surface area contributed by atoms with Gasteiger partial charge in [-0.05, 0) is 13.3 Å². The van der Waals surface area contributed by atoms with Gasteiger partial charge in [0.15, 0.2) is 0 Å². The number of nitrogens with zero attached hydrogens (tertiary/aromatic N) is 3. The number of hydrogen-bond donors (Lipinski definition) is 2. The lowest BCUT2D eigenvalue weighted by atomic mass is 10.0. The molecule has 2 N–H and O–H groups in total. The Morgan fingerprint density at radius 2 is 2.16 bits per heavy atom. The number of carbonyl (C=O) groups is 1. The van der Waals surface area contributed by atoms with Crippen LogP contribution in [0, 0.1) is 6.92 Å². The Hall–Kier alpha value is -1.45. The molecule has 1 aliphatic heterocycles. The largest absolute Gasteiger partial charge is 0.480 e. The molecule has 0 bridgehead atoms. The summed E-state index contributed by atoms with van der Waals surface area (Å²) < 4.78 is 28.8. The summed E-state index contributed by atoms with van der Waals surface area (Å²) >= 11 is 0. The molecule has 0 spiro atoms. The Labute approximate surface area is 111 Å². The van der Waals surface area contributed by atoms with Crippen molar-refractivity contribution in [3.63, 3.8) is 0 Å². The molecular weight excluding hydrogens is 272 g/mol. The van der Waals surface area contributed by atoms with Crippen LogP contribution in [-0.2, 0) is 22.1 Å². The number of carboxylic acid groups (broad SMARTS) is 1. The number of rotatable bonds is 2. The van der Waals surface area contributed by atoms with Gasteiger partial charge in [-0.15, -0.1) is 0 Å². The molecule has 0 aliphatic carbocycles. The van der Waals surface area contributed by atoms with Gasteiger partial charge in [-0.3, -0.25) is 9.48 Å². The van der Waals surface area contributed by atoms with Gasteiger partial charge >= 0.3 is 5.97 Å². The maximum atomic E-state index is 11.9. The predicted octanol–water partition coefficient (Wildman–Crippen LogP) is -0.607. The zero-order valence-electron chi connectivity index (χ0n) is 10.9. The number of likely N-dealkylation sites (N-methyl/N-ethyl adjacent to an activating group) is 1. The van der Waals surface area contributed by atoms with E-state index in [2.05, 4.69) is 9.82 Å². The van der Waals surface area contributed by atoms with Crippen molar-refractivity contribution < 1.29 is 18.3 Å². The number of nitrogens with one attached hydrogen (secondary N) is 1. The van der Waals surface area contributed by atoms with Gasteiger partial charge in [0, 0.05) is 25.4 Å². The van der Waals surface area contributed by atoms with Gasteiger partial charge in [0.05, 0.1) is 12.2 Å². The summed E-state index contributed by atoms with van der Waals surface area (Å²) in [7, 11) is -0.791. The minimum Gasteiger partial charge on any atom is -0.480 e. The summed E-state index contributed by atoms with van der Waals surface area (Å²) in [5.41, 5.74) is 1.51. The Morgan fingerprint density at radius 3 is 2.63 bits per heavy atom. The molecule has 8 nitrogen and oxygen atoms in total. The lowest BCUT2D eigenvalue weighted by Crippen LogP contribution is -2.54. The van der Waals surface area contributed by atoms with Crippen LogP contribution in [0.2, 0.25) is 0 Å². The third-order valence-corrected chi connectivity index (χ3v) is 5.10. The van der Waals surface area contributed by atoms with Gasteiger partial charge in [0.2, 0.25) is 0 Å². The Bertz CT molecular complexity index is 609. The molecule has 19 heavy (non-hydrogen) atoms. The number of aliphatic carboxylic acids is 1. The molecule has 9 heteroatoms. The monoisotopic (exact) mass is 288 g/mol. The van der Waals surface area contributed by atoms with E-state index in [1.54, 1.807) is 17.9 Å². The fraction of sp³-hybridized carbons (Fsp3) is 0.600. The second kappa shape index (κ2) is 4.58. The van der Waals surface area contributed by atoms with E-state index in [0.717, 1.165) is 10.00 Å². The van der Waals surface area contributed by atoms with Crippen LogP contribution in [0.5, 0.6) is 0 Å². The van der Waals surface area contributed by atoms with Crippen molar-refractivity contribution in [2.45, 2.75) is 25.4 Å². The molecule has 0 amide bonds. The molecule has 2 atom stereocenters. The molecule has 0 aromatic carbocycles. The van der Waals surface area contributed by atoms with Crippen LogP contribution < -0.4 is 4.72 Å². The van der Waals surface area contributed by atoms with E-state index >= 15 is 0 Å². The molecular formula is C10H16N4O4S. The number of carboxylic acids is 1. The van der Waals surface area contributed by atoms with E-state index in [1.807, 2.05) is 6.92 Å². The fourth-order valence-electron chi connectivity index (χ4n) is 2.15. The zero-order valence-corrected chi connectivity index (χ0v) is 11.7. The highest BCUT2D eigenvalue weighted by Gasteiger charge is 2.41. The van der Waals surface area contributed by atoms with Crippen LogP contribution in [-0.4, -0.2) is 46.7 Å². The molecule has 106 valence electrons. The molecule has 0 saturated carbocycles. The second-order valence-electron chi connectivity index (χ2n) is 4.59. The number of aryl methyl sites for hydroxylation is 1. The summed E-state index contributed by atoms with van der Waals surface area (Å²) in [6, 6.07) is -1.65. The first-order valence-electron chi connectivity index (χ1n) is 5.70. The second-order valence-corrected chi connectivity index (χ2v) is 6.35. The summed E-state index contributed by atoms with van der Waals surface area (Å²) in [5.74, 6) is -1.15. The Morgan fingerprint density at radius 1 is 1.53 bits per heavy atom. The van der Waals surface area contributed by atoms with Gasteiger partial charge < -0.3 is 5.11 Å². The predicted molar refractivity (Wildman–Crippen MR) is 66.5 cm³/mol. The van der Waals surface area contributed by atoms with Crippen molar-refractivity contribution in [2.24, 2.45) is 7.05 Å². The summed E-state index contributed by atoms with van der Waals surface area (Å²) in [6.07, 6.45) is 1.73. The molecule has 0 unspecified atom stereocenters. The molecule has 1 fully saturated rings. The average molecular weight is 288 g/mol. The van der Waals surface area contributed by atoms with Crippen molar-refractivity contribution in [1.82, 2.24) is 18.8 Å². The lowest BCUT2D eigenvalue weighted by molar-refractivity contribution is -0.141. The fourth-order valence-corrected chi connectivity index (χ4v) is 3.42. The van der Waals surface area contributed by atoms with Gasteiger partial charge in [-0.1, -0.05) is 0 Å². The SMILES string of the molecule is Cc1c([C@H]2C[C@@H](C(=O)O)N(C)S(=O)(=O)N2)cnn1C. The van der Waals surface area contributed by atoms with Crippen molar-refractivity contribution in [3.05, 3.63) is 17.5 Å². The molecule has 1 aromatic rings. The summed E-state index contributed by atoms with van der Waals surface area (Å²) in [5, 5.41) is 13.2. The maximum absolute atomic E-state index is 11.9. The van der Waals surface area contributed by atoms with Crippen LogP contribution in [0.15, 0.2) is 6.20 Å². The van der Waals surface area contributed by atoms with Gasteiger partial charge in [-0.2, -0.15) is 22.5 Å². The van der Waals surface area contributed by atoms with Gasteiger partial charge in [0.25, 0.3) is 10.2 Å². The van der Waals surface area contributed by atoms with Crippen LogP contribution >= 0.6 is 0 Å². The molecule has 2 rings (SSSR count). The minimum absolute atomic E-state index is 0.164. The Kier molecular flexibility index (Phi) is 3.37. The highest BCUT2D eigenvalue weighted by atomic mass is 32.2. The van der Waals surface area contributed by atoms with Crippen molar-refractivity contribution in [1.29, 1.82) is 0 Å². The topological polar surface area (TPSA) is 105 Å².